The van der Waals surface area contributed by atoms with Crippen LogP contribution in [0.25, 0.3) is 28.2 Å². The molecule has 1 N–H and O–H groups in total. The molecule has 0 bridgehead atoms. The number of hydrogen-bond acceptors (Lipinski definition) is 5. The topological polar surface area (TPSA) is 94.6 Å². The summed E-state index contributed by atoms with van der Waals surface area (Å²) in [6, 6.07) is 8.40. The average molecular weight is 560 g/mol. The van der Waals surface area contributed by atoms with Gasteiger partial charge in [0.2, 0.25) is 0 Å². The predicted octanol–water partition coefficient (Wildman–Crippen LogP) is 7.38. The number of hydrogen-bond donors (Lipinski definition) is 1. The van der Waals surface area contributed by atoms with Crippen LogP contribution in [-0.2, 0) is 15.1 Å². The van der Waals surface area contributed by atoms with Crippen molar-refractivity contribution in [3.63, 3.8) is 0 Å². The molecule has 0 aliphatic heterocycles. The molecule has 2 heterocycles. The Kier molecular flexibility index (Phi) is 6.66. The lowest BCUT2D eigenvalue weighted by atomic mass is 9.76. The molecular formula is C27H21Cl3N2O5. The fourth-order valence-corrected chi connectivity index (χ4v) is 5.86. The smallest absolute Gasteiger partial charge is 0.328 e. The third-order valence-corrected chi connectivity index (χ3v) is 7.61. The molecule has 10 heteroatoms. The van der Waals surface area contributed by atoms with Crippen molar-refractivity contribution in [1.82, 2.24) is 9.72 Å². The molecule has 4 aromatic rings. The molecular weight excluding hydrogens is 539 g/mol. The number of methoxy groups -OCH3 is 1. The average Bonchev–Trinajstić information content (AvgIpc) is 3.39. The fourth-order valence-electron chi connectivity index (χ4n) is 4.86. The van der Waals surface area contributed by atoms with Crippen LogP contribution in [0, 0.1) is 6.92 Å². The number of carbonyl (C=O) groups is 2. The molecule has 0 radical (unpaired) electrons. The Balaban J connectivity index is 1.75. The lowest BCUT2D eigenvalue weighted by Crippen LogP contribution is -2.37. The number of aliphatic carboxylic acids is 1. The minimum absolute atomic E-state index is 0.191. The first kappa shape index (κ1) is 25.5. The van der Waals surface area contributed by atoms with Crippen molar-refractivity contribution in [1.29, 1.82) is 0 Å². The largest absolute Gasteiger partial charge is 0.478 e. The number of halogens is 3. The molecule has 1 aliphatic rings. The zero-order valence-corrected chi connectivity index (χ0v) is 22.1. The summed E-state index contributed by atoms with van der Waals surface area (Å²) in [5.41, 5.74) is 1.98. The van der Waals surface area contributed by atoms with Crippen molar-refractivity contribution in [2.24, 2.45) is 0 Å². The van der Waals surface area contributed by atoms with Crippen LogP contribution in [0.4, 0.5) is 0 Å². The first-order chi connectivity index (χ1) is 17.7. The summed E-state index contributed by atoms with van der Waals surface area (Å²) < 4.78 is 13.1. The highest BCUT2D eigenvalue weighted by atomic mass is 35.5. The van der Waals surface area contributed by atoms with E-state index in [9.17, 15) is 9.59 Å². The molecule has 190 valence electrons. The molecule has 7 nitrogen and oxygen atoms in total. The number of ether oxygens (including phenoxy) is 1. The fraction of sp³-hybridized carbons (Fsp3) is 0.222. The van der Waals surface area contributed by atoms with E-state index in [1.165, 1.54) is 22.8 Å². The van der Waals surface area contributed by atoms with Gasteiger partial charge in [0.15, 0.2) is 5.76 Å². The van der Waals surface area contributed by atoms with E-state index in [-0.39, 0.29) is 21.3 Å². The number of carboxylic acid groups (broad SMARTS) is 1. The maximum Gasteiger partial charge on any atom is 0.328 e. The normalized spacial score (nSPS) is 14.8. The molecule has 0 amide bonds. The van der Waals surface area contributed by atoms with Crippen molar-refractivity contribution < 1.29 is 24.0 Å². The predicted molar refractivity (Wildman–Crippen MR) is 143 cm³/mol. The molecule has 0 unspecified atom stereocenters. The summed E-state index contributed by atoms with van der Waals surface area (Å²) in [5, 5.41) is 14.9. The lowest BCUT2D eigenvalue weighted by Gasteiger charge is -2.38. The summed E-state index contributed by atoms with van der Waals surface area (Å²) >= 11 is 19.2. The Morgan fingerprint density at radius 2 is 1.89 bits per heavy atom. The van der Waals surface area contributed by atoms with E-state index >= 15 is 0 Å². The molecule has 2 aromatic carbocycles. The number of fused-ring (bicyclic) bond motifs is 1. The summed E-state index contributed by atoms with van der Waals surface area (Å²) in [6.07, 6.45) is 6.51. The highest BCUT2D eigenvalue weighted by Crippen LogP contribution is 2.49. The van der Waals surface area contributed by atoms with Crippen LogP contribution >= 0.6 is 34.8 Å². The molecule has 5 rings (SSSR count). The van der Waals surface area contributed by atoms with Gasteiger partial charge in [-0.05, 0) is 61.6 Å². The number of carboxylic acids is 1. The molecule has 0 atom stereocenters. The highest BCUT2D eigenvalue weighted by Gasteiger charge is 2.47. The van der Waals surface area contributed by atoms with Crippen molar-refractivity contribution in [3.05, 3.63) is 80.1 Å². The Labute approximate surface area is 227 Å². The van der Waals surface area contributed by atoms with Crippen LogP contribution in [0.3, 0.4) is 0 Å². The lowest BCUT2D eigenvalue weighted by molar-refractivity contribution is -0.131. The van der Waals surface area contributed by atoms with Crippen molar-refractivity contribution in [3.8, 4) is 11.3 Å². The zero-order chi connectivity index (χ0) is 26.5. The molecule has 37 heavy (non-hydrogen) atoms. The van der Waals surface area contributed by atoms with E-state index < -0.39 is 17.5 Å². The minimum Gasteiger partial charge on any atom is -0.478 e. The van der Waals surface area contributed by atoms with Crippen molar-refractivity contribution in [2.45, 2.75) is 31.8 Å². The van der Waals surface area contributed by atoms with E-state index in [1.807, 2.05) is 6.92 Å². The molecule has 1 fully saturated rings. The SMILES string of the molecule is COC1(c2onc(-c3c(Cl)cc(Cl)cc3Cl)c2C(=O)n2cc(C)c3c(/C=C/C(=O)O)cccc32)CCC1. The summed E-state index contributed by atoms with van der Waals surface area (Å²) in [5.74, 6) is -1.16. The van der Waals surface area contributed by atoms with Crippen LogP contribution in [0.2, 0.25) is 15.1 Å². The molecule has 2 aromatic heterocycles. The number of nitrogens with zero attached hydrogens (tertiary/aromatic N) is 2. The highest BCUT2D eigenvalue weighted by molar-refractivity contribution is 6.42. The first-order valence-electron chi connectivity index (χ1n) is 11.4. The third-order valence-electron chi connectivity index (χ3n) is 6.79. The quantitative estimate of drug-likeness (QED) is 0.248. The second kappa shape index (κ2) is 9.65. The van der Waals surface area contributed by atoms with E-state index in [2.05, 4.69) is 5.16 Å². The van der Waals surface area contributed by atoms with Gasteiger partial charge in [0, 0.05) is 35.4 Å². The van der Waals surface area contributed by atoms with Crippen LogP contribution in [0.5, 0.6) is 0 Å². The second-order valence-electron chi connectivity index (χ2n) is 8.93. The van der Waals surface area contributed by atoms with Gasteiger partial charge in [0.25, 0.3) is 5.91 Å². The van der Waals surface area contributed by atoms with E-state index in [0.717, 1.165) is 23.4 Å². The number of aryl methyl sites for hydroxylation is 1. The van der Waals surface area contributed by atoms with Crippen LogP contribution in [0.15, 0.2) is 47.1 Å². The molecule has 1 saturated carbocycles. The van der Waals surface area contributed by atoms with Gasteiger partial charge in [-0.25, -0.2) is 4.79 Å². The van der Waals surface area contributed by atoms with E-state index in [4.69, 9.17) is 49.2 Å². The number of rotatable bonds is 6. The minimum atomic E-state index is -1.06. The van der Waals surface area contributed by atoms with E-state index in [1.54, 1.807) is 31.5 Å². The first-order valence-corrected chi connectivity index (χ1v) is 12.6. The molecule has 0 spiro atoms. The van der Waals surface area contributed by atoms with Crippen LogP contribution in [-0.4, -0.2) is 33.8 Å². The van der Waals surface area contributed by atoms with Gasteiger partial charge in [-0.2, -0.15) is 0 Å². The standard InChI is InChI=1S/C27H21Cl3N2O5/c1-14-13-32(19-6-3-5-15(21(14)19)7-8-20(33)34)26(35)23-24(22-17(29)11-16(28)12-18(22)30)31-37-25(23)27(36-2)9-4-10-27/h3,5-8,11-13H,4,9-10H2,1-2H3,(H,33,34)/b8-7+. The Morgan fingerprint density at radius 1 is 1.19 bits per heavy atom. The maximum atomic E-state index is 14.3. The van der Waals surface area contributed by atoms with Gasteiger partial charge >= 0.3 is 5.97 Å². The molecule has 1 aliphatic carbocycles. The Bertz CT molecular complexity index is 1570. The Morgan fingerprint density at radius 3 is 2.49 bits per heavy atom. The van der Waals surface area contributed by atoms with Gasteiger partial charge in [0.05, 0.1) is 15.6 Å². The summed E-state index contributed by atoms with van der Waals surface area (Å²) in [4.78, 5) is 25.4. The monoisotopic (exact) mass is 558 g/mol. The number of aromatic nitrogens is 2. The summed E-state index contributed by atoms with van der Waals surface area (Å²) in [6.45, 7) is 1.86. The molecule has 0 saturated heterocycles. The Hall–Kier alpha value is -3.10. The number of benzene rings is 2. The maximum absolute atomic E-state index is 14.3. The zero-order valence-electron chi connectivity index (χ0n) is 19.8. The van der Waals surface area contributed by atoms with Gasteiger partial charge in [0.1, 0.15) is 16.9 Å². The summed E-state index contributed by atoms with van der Waals surface area (Å²) in [7, 11) is 1.58. The van der Waals surface area contributed by atoms with Gasteiger partial charge in [-0.15, -0.1) is 0 Å². The van der Waals surface area contributed by atoms with Gasteiger partial charge in [-0.1, -0.05) is 52.1 Å². The van der Waals surface area contributed by atoms with Crippen LogP contribution in [0.1, 0.15) is 46.5 Å². The van der Waals surface area contributed by atoms with E-state index in [0.29, 0.717) is 40.3 Å². The van der Waals surface area contributed by atoms with Crippen molar-refractivity contribution in [2.75, 3.05) is 7.11 Å². The van der Waals surface area contributed by atoms with Gasteiger partial charge in [-0.3, -0.25) is 9.36 Å². The second-order valence-corrected chi connectivity index (χ2v) is 10.2. The van der Waals surface area contributed by atoms with Crippen LogP contribution < -0.4 is 0 Å². The van der Waals surface area contributed by atoms with Crippen molar-refractivity contribution >= 4 is 63.7 Å². The number of carbonyl (C=O) groups excluding carboxylic acids is 1. The third kappa shape index (κ3) is 4.26. The van der Waals surface area contributed by atoms with Gasteiger partial charge < -0.3 is 14.4 Å².